The van der Waals surface area contributed by atoms with E-state index in [1.165, 1.54) is 0 Å². The van der Waals surface area contributed by atoms with Crippen molar-refractivity contribution in [2.45, 2.75) is 20.0 Å². The van der Waals surface area contributed by atoms with Crippen molar-refractivity contribution in [3.05, 3.63) is 64.7 Å². The number of hydrogen-bond donors (Lipinski definition) is 3. The number of aryl methyl sites for hydroxylation is 1. The molecule has 132 valence electrons. The molecule has 1 atom stereocenters. The van der Waals surface area contributed by atoms with Crippen molar-refractivity contribution in [2.24, 2.45) is 0 Å². The lowest BCUT2D eigenvalue weighted by atomic mass is 10.1. The standard InChI is InChI=1S/C18H18F2N2O3/c1-10-5-3-8-14(11(10)2)22-18(25)17(24)21-9-15(23)16-12(19)6-4-7-13(16)20/h3-8,15,23H,9H2,1-2H3,(H,21,24)(H,22,25)/t15-/m1/s1. The molecule has 2 amide bonds. The molecule has 0 aliphatic rings. The van der Waals surface area contributed by atoms with Gasteiger partial charge < -0.3 is 15.7 Å². The fraction of sp³-hybridized carbons (Fsp3) is 0.222. The van der Waals surface area contributed by atoms with Crippen molar-refractivity contribution in [1.82, 2.24) is 5.32 Å². The third-order valence-electron chi connectivity index (χ3n) is 3.85. The molecule has 3 N–H and O–H groups in total. The molecule has 25 heavy (non-hydrogen) atoms. The van der Waals surface area contributed by atoms with Gasteiger partial charge in [-0.2, -0.15) is 0 Å². The molecule has 2 aromatic carbocycles. The van der Waals surface area contributed by atoms with Gasteiger partial charge in [-0.1, -0.05) is 18.2 Å². The molecule has 2 rings (SSSR count). The van der Waals surface area contributed by atoms with Gasteiger partial charge in [0.05, 0.1) is 5.56 Å². The van der Waals surface area contributed by atoms with Crippen molar-refractivity contribution in [2.75, 3.05) is 11.9 Å². The van der Waals surface area contributed by atoms with Gasteiger partial charge in [-0.05, 0) is 43.2 Å². The number of carbonyl (C=O) groups excluding carboxylic acids is 2. The predicted octanol–water partition coefficient (Wildman–Crippen LogP) is 2.37. The largest absolute Gasteiger partial charge is 0.386 e. The van der Waals surface area contributed by atoms with Gasteiger partial charge >= 0.3 is 11.8 Å². The summed E-state index contributed by atoms with van der Waals surface area (Å²) in [6.07, 6.45) is -1.61. The third kappa shape index (κ3) is 4.39. The van der Waals surface area contributed by atoms with Crippen LogP contribution in [0.2, 0.25) is 0 Å². The van der Waals surface area contributed by atoms with E-state index in [1.807, 2.05) is 13.0 Å². The van der Waals surface area contributed by atoms with Gasteiger partial charge in [-0.15, -0.1) is 0 Å². The quantitative estimate of drug-likeness (QED) is 0.743. The summed E-state index contributed by atoms with van der Waals surface area (Å²) in [5, 5.41) is 14.5. The smallest absolute Gasteiger partial charge is 0.313 e. The first kappa shape index (κ1) is 18.5. The van der Waals surface area contributed by atoms with Gasteiger partial charge in [0.25, 0.3) is 0 Å². The summed E-state index contributed by atoms with van der Waals surface area (Å²) in [5.41, 5.74) is 1.69. The number of halogens is 2. The third-order valence-corrected chi connectivity index (χ3v) is 3.85. The molecule has 0 aliphatic carbocycles. The molecule has 7 heteroatoms. The average molecular weight is 348 g/mol. The van der Waals surface area contributed by atoms with E-state index in [1.54, 1.807) is 19.1 Å². The minimum atomic E-state index is -1.61. The number of hydrogen-bond acceptors (Lipinski definition) is 3. The molecular formula is C18H18F2N2O3. The second kappa shape index (κ2) is 7.85. The summed E-state index contributed by atoms with van der Waals surface area (Å²) >= 11 is 0. The zero-order chi connectivity index (χ0) is 18.6. The Morgan fingerprint density at radius 1 is 1.04 bits per heavy atom. The van der Waals surface area contributed by atoms with Gasteiger partial charge in [0.1, 0.15) is 17.7 Å². The molecule has 0 unspecified atom stereocenters. The second-order valence-electron chi connectivity index (χ2n) is 5.56. The molecule has 0 fully saturated rings. The topological polar surface area (TPSA) is 78.4 Å². The lowest BCUT2D eigenvalue weighted by Gasteiger charge is -2.14. The van der Waals surface area contributed by atoms with Crippen LogP contribution in [0.5, 0.6) is 0 Å². The maximum atomic E-state index is 13.6. The molecule has 0 heterocycles. The number of rotatable bonds is 4. The van der Waals surface area contributed by atoms with Crippen LogP contribution >= 0.6 is 0 Å². The van der Waals surface area contributed by atoms with Crippen LogP contribution in [-0.4, -0.2) is 23.5 Å². The van der Waals surface area contributed by atoms with E-state index in [-0.39, 0.29) is 0 Å². The highest BCUT2D eigenvalue weighted by molar-refractivity contribution is 6.39. The summed E-state index contributed by atoms with van der Waals surface area (Å²) in [7, 11) is 0. The van der Waals surface area contributed by atoms with E-state index in [4.69, 9.17) is 0 Å². The second-order valence-corrected chi connectivity index (χ2v) is 5.56. The van der Waals surface area contributed by atoms with Crippen LogP contribution in [0.25, 0.3) is 0 Å². The van der Waals surface area contributed by atoms with Crippen molar-refractivity contribution >= 4 is 17.5 Å². The zero-order valence-electron chi connectivity index (χ0n) is 13.8. The van der Waals surface area contributed by atoms with Gasteiger partial charge in [0, 0.05) is 12.2 Å². The maximum Gasteiger partial charge on any atom is 0.313 e. The van der Waals surface area contributed by atoms with Crippen molar-refractivity contribution < 1.29 is 23.5 Å². The highest BCUT2D eigenvalue weighted by Crippen LogP contribution is 2.20. The lowest BCUT2D eigenvalue weighted by molar-refractivity contribution is -0.136. The highest BCUT2D eigenvalue weighted by atomic mass is 19.1. The first-order chi connectivity index (χ1) is 11.8. The van der Waals surface area contributed by atoms with Crippen LogP contribution in [-0.2, 0) is 9.59 Å². The zero-order valence-corrected chi connectivity index (χ0v) is 13.8. The molecular weight excluding hydrogens is 330 g/mol. The fourth-order valence-corrected chi connectivity index (χ4v) is 2.27. The summed E-state index contributed by atoms with van der Waals surface area (Å²) < 4.78 is 27.1. The lowest BCUT2D eigenvalue weighted by Crippen LogP contribution is -2.38. The van der Waals surface area contributed by atoms with E-state index in [2.05, 4.69) is 10.6 Å². The number of carbonyl (C=O) groups is 2. The van der Waals surface area contributed by atoms with Gasteiger partial charge in [0.15, 0.2) is 0 Å². The van der Waals surface area contributed by atoms with E-state index >= 15 is 0 Å². The first-order valence-corrected chi connectivity index (χ1v) is 7.58. The monoisotopic (exact) mass is 348 g/mol. The van der Waals surface area contributed by atoms with Gasteiger partial charge in [0.2, 0.25) is 0 Å². The molecule has 0 aromatic heterocycles. The van der Waals surface area contributed by atoms with E-state index < -0.39 is 41.7 Å². The average Bonchev–Trinajstić information content (AvgIpc) is 2.56. The Bertz CT molecular complexity index is 789. The van der Waals surface area contributed by atoms with Crippen molar-refractivity contribution in [1.29, 1.82) is 0 Å². The fourth-order valence-electron chi connectivity index (χ4n) is 2.27. The Hall–Kier alpha value is -2.80. The Kier molecular flexibility index (Phi) is 5.82. The van der Waals surface area contributed by atoms with E-state index in [9.17, 15) is 23.5 Å². The Balaban J connectivity index is 1.98. The summed E-state index contributed by atoms with van der Waals surface area (Å²) in [4.78, 5) is 23.7. The van der Waals surface area contributed by atoms with Gasteiger partial charge in [-0.25, -0.2) is 8.78 Å². The predicted molar refractivity (Wildman–Crippen MR) is 88.9 cm³/mol. The Morgan fingerprint density at radius 3 is 2.28 bits per heavy atom. The minimum Gasteiger partial charge on any atom is -0.386 e. The molecule has 0 saturated heterocycles. The number of anilines is 1. The SMILES string of the molecule is Cc1cccc(NC(=O)C(=O)NC[C@@H](O)c2c(F)cccc2F)c1C. The van der Waals surface area contributed by atoms with Crippen LogP contribution in [0.15, 0.2) is 36.4 Å². The Morgan fingerprint density at radius 2 is 1.64 bits per heavy atom. The normalized spacial score (nSPS) is 11.7. The first-order valence-electron chi connectivity index (χ1n) is 7.58. The van der Waals surface area contributed by atoms with Gasteiger partial charge in [-0.3, -0.25) is 9.59 Å². The molecule has 5 nitrogen and oxygen atoms in total. The van der Waals surface area contributed by atoms with Crippen LogP contribution in [0.4, 0.5) is 14.5 Å². The molecule has 0 radical (unpaired) electrons. The minimum absolute atomic E-state index is 0.487. The number of amides is 2. The summed E-state index contributed by atoms with van der Waals surface area (Å²) in [6.45, 7) is 3.16. The molecule has 0 spiro atoms. The summed E-state index contributed by atoms with van der Waals surface area (Å²) in [5.74, 6) is -3.81. The number of benzene rings is 2. The van der Waals surface area contributed by atoms with Crippen LogP contribution in [0, 0.1) is 25.5 Å². The molecule has 2 aromatic rings. The maximum absolute atomic E-state index is 13.6. The van der Waals surface area contributed by atoms with Crippen LogP contribution < -0.4 is 10.6 Å². The van der Waals surface area contributed by atoms with Crippen molar-refractivity contribution in [3.63, 3.8) is 0 Å². The number of aliphatic hydroxyl groups excluding tert-OH is 1. The Labute approximate surface area is 143 Å². The number of nitrogens with one attached hydrogen (secondary N) is 2. The molecule has 0 saturated carbocycles. The molecule has 0 bridgehead atoms. The molecule has 0 aliphatic heterocycles. The van der Waals surface area contributed by atoms with Crippen LogP contribution in [0.1, 0.15) is 22.8 Å². The summed E-state index contributed by atoms with van der Waals surface area (Å²) in [6, 6.07) is 8.41. The van der Waals surface area contributed by atoms with E-state index in [0.717, 1.165) is 29.3 Å². The number of aliphatic hydroxyl groups is 1. The van der Waals surface area contributed by atoms with E-state index in [0.29, 0.717) is 5.69 Å². The highest BCUT2D eigenvalue weighted by Gasteiger charge is 2.21. The van der Waals surface area contributed by atoms with Crippen LogP contribution in [0.3, 0.4) is 0 Å². The van der Waals surface area contributed by atoms with Crippen molar-refractivity contribution in [3.8, 4) is 0 Å².